The predicted molar refractivity (Wildman–Crippen MR) is 101 cm³/mol. The second kappa shape index (κ2) is 9.92. The normalized spacial score (nSPS) is 14.8. The van der Waals surface area contributed by atoms with E-state index in [9.17, 15) is 9.18 Å². The van der Waals surface area contributed by atoms with E-state index in [0.29, 0.717) is 32.8 Å². The zero-order chi connectivity index (χ0) is 18.9. The minimum Gasteiger partial charge on any atom is -0.491 e. The van der Waals surface area contributed by atoms with E-state index in [4.69, 9.17) is 9.47 Å². The monoisotopic (exact) mass is 372 g/mol. The molecule has 0 aliphatic carbocycles. The highest BCUT2D eigenvalue weighted by Gasteiger charge is 2.23. The Hall–Kier alpha value is -2.60. The van der Waals surface area contributed by atoms with Crippen molar-refractivity contribution < 1.29 is 18.7 Å². The molecule has 0 bridgehead atoms. The number of urea groups is 1. The van der Waals surface area contributed by atoms with Crippen LogP contribution in [0.4, 0.5) is 9.18 Å². The number of halogens is 1. The van der Waals surface area contributed by atoms with Gasteiger partial charge in [-0.15, -0.1) is 0 Å². The molecule has 27 heavy (non-hydrogen) atoms. The highest BCUT2D eigenvalue weighted by Crippen LogP contribution is 2.14. The maximum atomic E-state index is 12.9. The van der Waals surface area contributed by atoms with Crippen molar-refractivity contribution in [1.82, 2.24) is 10.2 Å². The summed E-state index contributed by atoms with van der Waals surface area (Å²) in [5.41, 5.74) is 0.876. The lowest BCUT2D eigenvalue weighted by Gasteiger charge is -2.32. The van der Waals surface area contributed by atoms with Crippen LogP contribution in [0.2, 0.25) is 0 Å². The molecule has 0 saturated carbocycles. The van der Waals surface area contributed by atoms with Gasteiger partial charge < -0.3 is 19.7 Å². The molecule has 5 nitrogen and oxygen atoms in total. The molecule has 1 fully saturated rings. The first-order valence-corrected chi connectivity index (χ1v) is 9.27. The van der Waals surface area contributed by atoms with Crippen molar-refractivity contribution in [3.05, 3.63) is 66.0 Å². The molecule has 2 aromatic rings. The summed E-state index contributed by atoms with van der Waals surface area (Å²) in [7, 11) is 0. The van der Waals surface area contributed by atoms with Gasteiger partial charge >= 0.3 is 6.03 Å². The largest absolute Gasteiger partial charge is 0.491 e. The van der Waals surface area contributed by atoms with Gasteiger partial charge in [0.05, 0.1) is 12.7 Å². The number of rotatable bonds is 7. The number of carbonyl (C=O) groups excluding carboxylic acids is 1. The van der Waals surface area contributed by atoms with Crippen LogP contribution in [-0.2, 0) is 11.3 Å². The zero-order valence-corrected chi connectivity index (χ0v) is 15.3. The highest BCUT2D eigenvalue weighted by atomic mass is 19.1. The van der Waals surface area contributed by atoms with Crippen LogP contribution in [0.25, 0.3) is 0 Å². The minimum atomic E-state index is -0.277. The van der Waals surface area contributed by atoms with E-state index < -0.39 is 0 Å². The van der Waals surface area contributed by atoms with Crippen LogP contribution in [-0.4, -0.2) is 43.3 Å². The number of benzene rings is 2. The van der Waals surface area contributed by atoms with E-state index in [-0.39, 0.29) is 18.0 Å². The highest BCUT2D eigenvalue weighted by molar-refractivity contribution is 5.74. The summed E-state index contributed by atoms with van der Waals surface area (Å²) < 4.78 is 24.4. The van der Waals surface area contributed by atoms with Gasteiger partial charge in [-0.2, -0.15) is 0 Å². The van der Waals surface area contributed by atoms with Crippen LogP contribution in [0.15, 0.2) is 54.6 Å². The third kappa shape index (κ3) is 6.25. The molecule has 0 atom stereocenters. The molecule has 1 N–H and O–H groups in total. The Kier molecular flexibility index (Phi) is 7.04. The molecule has 0 aromatic heterocycles. The van der Waals surface area contributed by atoms with E-state index in [1.807, 2.05) is 30.3 Å². The molecule has 0 unspecified atom stereocenters. The van der Waals surface area contributed by atoms with Crippen molar-refractivity contribution in [2.24, 2.45) is 0 Å². The number of likely N-dealkylation sites (tertiary alicyclic amines) is 1. The van der Waals surface area contributed by atoms with E-state index in [1.165, 1.54) is 12.1 Å². The maximum absolute atomic E-state index is 12.9. The number of carbonyl (C=O) groups is 1. The summed E-state index contributed by atoms with van der Waals surface area (Å²) >= 11 is 0. The van der Waals surface area contributed by atoms with Crippen LogP contribution in [0, 0.1) is 5.82 Å². The van der Waals surface area contributed by atoms with Crippen molar-refractivity contribution in [3.8, 4) is 5.75 Å². The first kappa shape index (κ1) is 19.2. The summed E-state index contributed by atoms with van der Waals surface area (Å²) in [6, 6.07) is 15.7. The van der Waals surface area contributed by atoms with Crippen LogP contribution in [0.5, 0.6) is 5.75 Å². The van der Waals surface area contributed by atoms with Gasteiger partial charge in [-0.05, 0) is 42.7 Å². The fourth-order valence-electron chi connectivity index (χ4n) is 3.01. The third-order valence-electron chi connectivity index (χ3n) is 4.54. The number of piperidine rings is 1. The van der Waals surface area contributed by atoms with Gasteiger partial charge in [-0.25, -0.2) is 9.18 Å². The number of para-hydroxylation sites is 1. The SMILES string of the molecule is O=C(NCc1ccc(F)cc1)N1CCC(OCCOc2ccccc2)CC1. The number of nitrogens with zero attached hydrogens (tertiary/aromatic N) is 1. The van der Waals surface area contributed by atoms with Crippen LogP contribution >= 0.6 is 0 Å². The third-order valence-corrected chi connectivity index (χ3v) is 4.54. The molecule has 2 aromatic carbocycles. The van der Waals surface area contributed by atoms with Crippen molar-refractivity contribution in [1.29, 1.82) is 0 Å². The molecule has 3 rings (SSSR count). The van der Waals surface area contributed by atoms with Crippen LogP contribution in [0.1, 0.15) is 18.4 Å². The molecule has 0 radical (unpaired) electrons. The van der Waals surface area contributed by atoms with Gasteiger partial charge in [0.15, 0.2) is 0 Å². The molecule has 6 heteroatoms. The van der Waals surface area contributed by atoms with Gasteiger partial charge in [-0.3, -0.25) is 0 Å². The Balaban J connectivity index is 1.30. The molecule has 1 heterocycles. The molecule has 1 saturated heterocycles. The molecule has 144 valence electrons. The molecule has 2 amide bonds. The lowest BCUT2D eigenvalue weighted by molar-refractivity contribution is 0.00186. The van der Waals surface area contributed by atoms with Crippen LogP contribution in [0.3, 0.4) is 0 Å². The average molecular weight is 372 g/mol. The summed E-state index contributed by atoms with van der Waals surface area (Å²) in [6.07, 6.45) is 1.79. The Morgan fingerprint density at radius 3 is 2.44 bits per heavy atom. The Labute approximate surface area is 159 Å². The Morgan fingerprint density at radius 1 is 1.04 bits per heavy atom. The number of ether oxygens (including phenoxy) is 2. The van der Waals surface area contributed by atoms with Crippen molar-refractivity contribution >= 4 is 6.03 Å². The summed E-state index contributed by atoms with van der Waals surface area (Å²) in [5.74, 6) is 0.565. The Bertz CT molecular complexity index is 701. The second-order valence-corrected chi connectivity index (χ2v) is 6.50. The summed E-state index contributed by atoms with van der Waals surface area (Å²) in [6.45, 7) is 2.78. The molecule has 0 spiro atoms. The lowest BCUT2D eigenvalue weighted by Crippen LogP contribution is -2.45. The van der Waals surface area contributed by atoms with Crippen molar-refractivity contribution in [2.75, 3.05) is 26.3 Å². The van der Waals surface area contributed by atoms with Crippen LogP contribution < -0.4 is 10.1 Å². The summed E-state index contributed by atoms with van der Waals surface area (Å²) in [5, 5.41) is 2.88. The average Bonchev–Trinajstić information content (AvgIpc) is 2.72. The fourth-order valence-corrected chi connectivity index (χ4v) is 3.01. The first-order chi connectivity index (χ1) is 13.2. The molecular weight excluding hydrogens is 347 g/mol. The standard InChI is InChI=1S/C21H25FN2O3/c22-18-8-6-17(7-9-18)16-23-21(25)24-12-10-20(11-13-24)27-15-14-26-19-4-2-1-3-5-19/h1-9,20H,10-16H2,(H,23,25). The lowest BCUT2D eigenvalue weighted by atomic mass is 10.1. The van der Waals surface area contributed by atoms with Gasteiger partial charge in [0.2, 0.25) is 0 Å². The number of amides is 2. The quantitative estimate of drug-likeness (QED) is 0.756. The van der Waals surface area contributed by atoms with Gasteiger partial charge in [0.1, 0.15) is 18.2 Å². The minimum absolute atomic E-state index is 0.0924. The summed E-state index contributed by atoms with van der Waals surface area (Å²) in [4.78, 5) is 14.0. The van der Waals surface area contributed by atoms with E-state index in [1.54, 1.807) is 17.0 Å². The predicted octanol–water partition coefficient (Wildman–Crippen LogP) is 3.60. The van der Waals surface area contributed by atoms with Crippen molar-refractivity contribution in [2.45, 2.75) is 25.5 Å². The second-order valence-electron chi connectivity index (χ2n) is 6.50. The molecular formula is C21H25FN2O3. The number of hydrogen-bond acceptors (Lipinski definition) is 3. The van der Waals surface area contributed by atoms with Gasteiger partial charge in [0.25, 0.3) is 0 Å². The van der Waals surface area contributed by atoms with E-state index in [2.05, 4.69) is 5.32 Å². The first-order valence-electron chi connectivity index (χ1n) is 9.27. The van der Waals surface area contributed by atoms with E-state index in [0.717, 1.165) is 24.2 Å². The molecule has 1 aliphatic heterocycles. The fraction of sp³-hybridized carbons (Fsp3) is 0.381. The smallest absolute Gasteiger partial charge is 0.317 e. The maximum Gasteiger partial charge on any atom is 0.317 e. The number of nitrogens with one attached hydrogen (secondary N) is 1. The van der Waals surface area contributed by atoms with E-state index >= 15 is 0 Å². The van der Waals surface area contributed by atoms with Gasteiger partial charge in [-0.1, -0.05) is 30.3 Å². The van der Waals surface area contributed by atoms with Gasteiger partial charge in [0, 0.05) is 19.6 Å². The number of hydrogen-bond donors (Lipinski definition) is 1. The zero-order valence-electron chi connectivity index (χ0n) is 15.3. The molecule has 1 aliphatic rings. The van der Waals surface area contributed by atoms with Crippen molar-refractivity contribution in [3.63, 3.8) is 0 Å². The Morgan fingerprint density at radius 2 is 1.74 bits per heavy atom. The topological polar surface area (TPSA) is 50.8 Å².